The molecule has 0 aliphatic carbocycles. The van der Waals surface area contributed by atoms with Gasteiger partial charge in [0.25, 0.3) is 0 Å². The number of ether oxygens (including phenoxy) is 1. The Balaban J connectivity index is 1.97. The number of carbonyl (C=O) groups is 2. The summed E-state index contributed by atoms with van der Waals surface area (Å²) in [5.41, 5.74) is 0.979. The zero-order valence-electron chi connectivity index (χ0n) is 13.6. The topological polar surface area (TPSA) is 89.5 Å². The van der Waals surface area contributed by atoms with Crippen LogP contribution >= 0.6 is 0 Å². The highest BCUT2D eigenvalue weighted by Crippen LogP contribution is 2.13. The van der Waals surface area contributed by atoms with Crippen molar-refractivity contribution in [2.24, 2.45) is 0 Å². The van der Waals surface area contributed by atoms with Gasteiger partial charge in [-0.3, -0.25) is 9.52 Å². The maximum Gasteiger partial charge on any atom is 0.338 e. The monoisotopic (exact) mass is 365 g/mol. The van der Waals surface area contributed by atoms with Crippen molar-refractivity contribution in [2.75, 3.05) is 17.6 Å². The molecule has 2 rings (SSSR count). The van der Waals surface area contributed by atoms with Crippen molar-refractivity contribution in [1.29, 1.82) is 0 Å². The van der Waals surface area contributed by atoms with Crippen LogP contribution in [0.5, 0.6) is 0 Å². The normalized spacial score (nSPS) is 11.0. The fraction of sp³-hybridized carbons (Fsp3) is 0.176. The van der Waals surface area contributed by atoms with Crippen molar-refractivity contribution in [3.8, 4) is 0 Å². The first kappa shape index (κ1) is 18.6. The molecule has 8 heteroatoms. The predicted octanol–water partition coefficient (Wildman–Crippen LogP) is 2.55. The number of benzene rings is 2. The van der Waals surface area contributed by atoms with Gasteiger partial charge in [-0.2, -0.15) is 0 Å². The lowest BCUT2D eigenvalue weighted by molar-refractivity contribution is 0.0474. The molecule has 132 valence electrons. The van der Waals surface area contributed by atoms with Crippen LogP contribution < -0.4 is 4.72 Å². The average molecular weight is 365 g/mol. The van der Waals surface area contributed by atoms with Crippen molar-refractivity contribution in [2.45, 2.75) is 6.92 Å². The van der Waals surface area contributed by atoms with Crippen LogP contribution in [0, 0.1) is 12.7 Å². The molecule has 2 aromatic rings. The Hall–Kier alpha value is -2.74. The maximum atomic E-state index is 13.4. The van der Waals surface area contributed by atoms with Crippen molar-refractivity contribution in [1.82, 2.24) is 0 Å². The third-order valence-corrected chi connectivity index (χ3v) is 3.86. The summed E-state index contributed by atoms with van der Waals surface area (Å²) in [5, 5.41) is 0. The highest BCUT2D eigenvalue weighted by atomic mass is 32.2. The van der Waals surface area contributed by atoms with E-state index in [1.807, 2.05) is 0 Å². The molecular formula is C17H16FNO5S. The number of anilines is 1. The van der Waals surface area contributed by atoms with Crippen molar-refractivity contribution in [3.05, 3.63) is 65.0 Å². The number of esters is 1. The summed E-state index contributed by atoms with van der Waals surface area (Å²) < 4.78 is 42.8. The quantitative estimate of drug-likeness (QED) is 0.628. The Morgan fingerprint density at radius 3 is 2.24 bits per heavy atom. The molecule has 1 N–H and O–H groups in total. The molecule has 0 saturated heterocycles. The number of rotatable bonds is 6. The van der Waals surface area contributed by atoms with Gasteiger partial charge < -0.3 is 4.74 Å². The highest BCUT2D eigenvalue weighted by molar-refractivity contribution is 7.92. The van der Waals surface area contributed by atoms with Crippen LogP contribution in [0.2, 0.25) is 0 Å². The summed E-state index contributed by atoms with van der Waals surface area (Å²) in [6, 6.07) is 9.58. The molecule has 0 spiro atoms. The highest BCUT2D eigenvalue weighted by Gasteiger charge is 2.13. The molecule has 0 aliphatic heterocycles. The van der Waals surface area contributed by atoms with Gasteiger partial charge in [0.1, 0.15) is 5.82 Å². The lowest BCUT2D eigenvalue weighted by Crippen LogP contribution is -2.15. The minimum atomic E-state index is -3.40. The lowest BCUT2D eigenvalue weighted by Gasteiger charge is -2.07. The summed E-state index contributed by atoms with van der Waals surface area (Å²) in [4.78, 5) is 23.8. The van der Waals surface area contributed by atoms with Crippen LogP contribution in [-0.4, -0.2) is 33.0 Å². The lowest BCUT2D eigenvalue weighted by atomic mass is 10.1. The molecule has 0 aliphatic rings. The van der Waals surface area contributed by atoms with E-state index in [0.29, 0.717) is 11.3 Å². The molecular weight excluding hydrogens is 349 g/mol. The van der Waals surface area contributed by atoms with Gasteiger partial charge in [-0.15, -0.1) is 0 Å². The number of hydrogen-bond acceptors (Lipinski definition) is 5. The van der Waals surface area contributed by atoms with Gasteiger partial charge in [-0.25, -0.2) is 17.6 Å². The number of sulfonamides is 1. The Labute approximate surface area is 144 Å². The van der Waals surface area contributed by atoms with E-state index in [4.69, 9.17) is 4.74 Å². The molecule has 2 aromatic carbocycles. The van der Waals surface area contributed by atoms with E-state index in [1.165, 1.54) is 36.4 Å². The number of Topliss-reactive ketones (excluding diaryl/α,β-unsaturated/α-hetero) is 1. The Morgan fingerprint density at radius 1 is 1.08 bits per heavy atom. The van der Waals surface area contributed by atoms with Crippen LogP contribution in [0.4, 0.5) is 10.1 Å². The Bertz CT molecular complexity index is 907. The van der Waals surface area contributed by atoms with Crippen LogP contribution in [-0.2, 0) is 14.8 Å². The Kier molecular flexibility index (Phi) is 5.53. The zero-order valence-corrected chi connectivity index (χ0v) is 14.4. The predicted molar refractivity (Wildman–Crippen MR) is 90.7 cm³/mol. The van der Waals surface area contributed by atoms with Crippen LogP contribution in [0.3, 0.4) is 0 Å². The zero-order chi connectivity index (χ0) is 18.6. The van der Waals surface area contributed by atoms with Gasteiger partial charge in [0.2, 0.25) is 10.0 Å². The molecule has 0 amide bonds. The first-order valence-corrected chi connectivity index (χ1v) is 9.09. The standard InChI is InChI=1S/C17H16FNO5S/c1-11-3-4-13(9-15(11)18)17(21)24-10-16(20)12-5-7-14(8-6-12)19-25(2,22)23/h3-9,19H,10H2,1-2H3. The summed E-state index contributed by atoms with van der Waals surface area (Å²) in [6.07, 6.45) is 1.01. The molecule has 0 unspecified atom stereocenters. The average Bonchev–Trinajstić information content (AvgIpc) is 2.54. The number of nitrogens with one attached hydrogen (secondary N) is 1. The number of hydrogen-bond donors (Lipinski definition) is 1. The van der Waals surface area contributed by atoms with Crippen molar-refractivity contribution >= 4 is 27.5 Å². The van der Waals surface area contributed by atoms with E-state index in [2.05, 4.69) is 4.72 Å². The third kappa shape index (κ3) is 5.39. The first-order chi connectivity index (χ1) is 11.7. The number of halogens is 1. The largest absolute Gasteiger partial charge is 0.454 e. The SMILES string of the molecule is Cc1ccc(C(=O)OCC(=O)c2ccc(NS(C)(=O)=O)cc2)cc1F. The minimum absolute atomic E-state index is 0.0172. The number of ketones is 1. The van der Waals surface area contributed by atoms with Gasteiger partial charge >= 0.3 is 5.97 Å². The van der Waals surface area contributed by atoms with Gasteiger partial charge in [-0.1, -0.05) is 6.07 Å². The van der Waals surface area contributed by atoms with Gasteiger partial charge in [0.05, 0.1) is 11.8 Å². The van der Waals surface area contributed by atoms with E-state index in [-0.39, 0.29) is 11.1 Å². The molecule has 0 fully saturated rings. The maximum absolute atomic E-state index is 13.4. The van der Waals surface area contributed by atoms with Gasteiger partial charge in [-0.05, 0) is 48.9 Å². The molecule has 0 aromatic heterocycles. The first-order valence-electron chi connectivity index (χ1n) is 7.20. The second-order valence-corrected chi connectivity index (χ2v) is 7.16. The number of aryl methyl sites for hydroxylation is 1. The van der Waals surface area contributed by atoms with Gasteiger partial charge in [0, 0.05) is 11.3 Å². The molecule has 25 heavy (non-hydrogen) atoms. The smallest absolute Gasteiger partial charge is 0.338 e. The molecule has 0 radical (unpaired) electrons. The molecule has 0 bridgehead atoms. The summed E-state index contributed by atoms with van der Waals surface area (Å²) in [5.74, 6) is -1.80. The molecule has 0 atom stereocenters. The van der Waals surface area contributed by atoms with E-state index < -0.39 is 34.2 Å². The van der Waals surface area contributed by atoms with Crippen molar-refractivity contribution in [3.63, 3.8) is 0 Å². The van der Waals surface area contributed by atoms with E-state index >= 15 is 0 Å². The van der Waals surface area contributed by atoms with Gasteiger partial charge in [0.15, 0.2) is 12.4 Å². The molecule has 6 nitrogen and oxygen atoms in total. The number of carbonyl (C=O) groups excluding carboxylic acids is 2. The summed E-state index contributed by atoms with van der Waals surface area (Å²) in [6.45, 7) is 1.06. The molecule has 0 saturated carbocycles. The third-order valence-electron chi connectivity index (χ3n) is 3.25. The van der Waals surface area contributed by atoms with Crippen LogP contribution in [0.15, 0.2) is 42.5 Å². The second-order valence-electron chi connectivity index (χ2n) is 5.41. The molecule has 0 heterocycles. The summed E-state index contributed by atoms with van der Waals surface area (Å²) in [7, 11) is -3.40. The fourth-order valence-corrected chi connectivity index (χ4v) is 2.52. The van der Waals surface area contributed by atoms with E-state index in [1.54, 1.807) is 6.92 Å². The summed E-state index contributed by atoms with van der Waals surface area (Å²) >= 11 is 0. The Morgan fingerprint density at radius 2 is 1.68 bits per heavy atom. The second kappa shape index (κ2) is 7.43. The van der Waals surface area contributed by atoms with E-state index in [9.17, 15) is 22.4 Å². The fourth-order valence-electron chi connectivity index (χ4n) is 1.96. The van der Waals surface area contributed by atoms with Crippen molar-refractivity contribution < 1.29 is 27.1 Å². The minimum Gasteiger partial charge on any atom is -0.454 e. The van der Waals surface area contributed by atoms with E-state index in [0.717, 1.165) is 12.3 Å². The van der Waals surface area contributed by atoms with Crippen LogP contribution in [0.1, 0.15) is 26.3 Å². The van der Waals surface area contributed by atoms with Crippen LogP contribution in [0.25, 0.3) is 0 Å².